The molecule has 144 valence electrons. The van der Waals surface area contributed by atoms with Crippen LogP contribution in [0.5, 0.6) is 5.75 Å². The van der Waals surface area contributed by atoms with E-state index in [4.69, 9.17) is 11.6 Å². The summed E-state index contributed by atoms with van der Waals surface area (Å²) in [5.74, 6) is -0.0464. The number of hydrogen-bond acceptors (Lipinski definition) is 5. The highest BCUT2D eigenvalue weighted by atomic mass is 35.5. The smallest absolute Gasteiger partial charge is 0.243 e. The van der Waals surface area contributed by atoms with Crippen LogP contribution in [0.4, 0.5) is 11.4 Å². The van der Waals surface area contributed by atoms with E-state index in [1.54, 1.807) is 18.2 Å². The molecule has 3 rings (SSSR count). The van der Waals surface area contributed by atoms with Crippen molar-refractivity contribution in [3.8, 4) is 5.75 Å². The first-order chi connectivity index (χ1) is 13.4. The number of rotatable bonds is 6. The molecule has 28 heavy (non-hydrogen) atoms. The molecule has 0 unspecified atom stereocenters. The number of halogens is 1. The van der Waals surface area contributed by atoms with Crippen LogP contribution in [0.3, 0.4) is 0 Å². The number of aromatic hydroxyl groups is 1. The third-order valence-corrected chi connectivity index (χ3v) is 6.06. The molecule has 1 N–H and O–H groups in total. The molecular formula is C20H18ClN3O3S. The van der Waals surface area contributed by atoms with E-state index in [0.717, 1.165) is 5.56 Å². The van der Waals surface area contributed by atoms with Crippen molar-refractivity contribution in [3.05, 3.63) is 83.4 Å². The number of azo groups is 1. The lowest BCUT2D eigenvalue weighted by Gasteiger charge is -2.17. The summed E-state index contributed by atoms with van der Waals surface area (Å²) in [6.07, 6.45) is 0. The zero-order valence-electron chi connectivity index (χ0n) is 15.0. The zero-order valence-corrected chi connectivity index (χ0v) is 16.6. The van der Waals surface area contributed by atoms with E-state index in [-0.39, 0.29) is 22.9 Å². The lowest BCUT2D eigenvalue weighted by molar-refractivity contribution is 0.466. The van der Waals surface area contributed by atoms with Crippen LogP contribution in [0.25, 0.3) is 0 Å². The monoisotopic (exact) mass is 415 g/mol. The molecular weight excluding hydrogens is 398 g/mol. The Morgan fingerprint density at radius 3 is 2.32 bits per heavy atom. The Morgan fingerprint density at radius 1 is 0.964 bits per heavy atom. The van der Waals surface area contributed by atoms with Crippen LogP contribution in [-0.4, -0.2) is 24.9 Å². The highest BCUT2D eigenvalue weighted by Crippen LogP contribution is 2.31. The molecule has 0 aliphatic rings. The van der Waals surface area contributed by atoms with Crippen molar-refractivity contribution in [1.29, 1.82) is 0 Å². The van der Waals surface area contributed by atoms with Crippen LogP contribution in [0, 0.1) is 0 Å². The van der Waals surface area contributed by atoms with E-state index in [9.17, 15) is 13.5 Å². The minimum absolute atomic E-state index is 0.0464. The molecule has 0 heterocycles. The second-order valence-corrected chi connectivity index (χ2v) is 8.55. The SMILES string of the molecule is CN(Cc1ccccc1)S(=O)(=O)c1ccc(N=Nc2cc(Cl)ccc2O)cc1. The average molecular weight is 416 g/mol. The van der Waals surface area contributed by atoms with E-state index >= 15 is 0 Å². The molecule has 0 aromatic heterocycles. The van der Waals surface area contributed by atoms with Gasteiger partial charge in [-0.2, -0.15) is 9.42 Å². The Kier molecular flexibility index (Phi) is 6.08. The Hall–Kier alpha value is -2.74. The average Bonchev–Trinajstić information content (AvgIpc) is 2.69. The van der Waals surface area contributed by atoms with Gasteiger partial charge in [-0.05, 0) is 48.0 Å². The lowest BCUT2D eigenvalue weighted by atomic mass is 10.2. The number of sulfonamides is 1. The highest BCUT2D eigenvalue weighted by Gasteiger charge is 2.20. The van der Waals surface area contributed by atoms with Crippen molar-refractivity contribution < 1.29 is 13.5 Å². The fourth-order valence-corrected chi connectivity index (χ4v) is 3.80. The Labute approximate surface area is 168 Å². The largest absolute Gasteiger partial charge is 0.506 e. The van der Waals surface area contributed by atoms with E-state index in [2.05, 4.69) is 10.2 Å². The summed E-state index contributed by atoms with van der Waals surface area (Å²) in [6, 6.07) is 19.9. The number of nitrogens with zero attached hydrogens (tertiary/aromatic N) is 3. The fourth-order valence-electron chi connectivity index (χ4n) is 2.48. The third kappa shape index (κ3) is 4.75. The first-order valence-electron chi connectivity index (χ1n) is 8.37. The number of benzene rings is 3. The Balaban J connectivity index is 1.76. The van der Waals surface area contributed by atoms with Crippen LogP contribution in [0.2, 0.25) is 5.02 Å². The van der Waals surface area contributed by atoms with Crippen LogP contribution < -0.4 is 0 Å². The van der Waals surface area contributed by atoms with Gasteiger partial charge in [-0.25, -0.2) is 8.42 Å². The lowest BCUT2D eigenvalue weighted by Crippen LogP contribution is -2.26. The van der Waals surface area contributed by atoms with Crippen molar-refractivity contribution in [1.82, 2.24) is 4.31 Å². The molecule has 3 aromatic carbocycles. The summed E-state index contributed by atoms with van der Waals surface area (Å²) in [5, 5.41) is 18.1. The maximum Gasteiger partial charge on any atom is 0.243 e. The van der Waals surface area contributed by atoms with Gasteiger partial charge in [0.05, 0.1) is 10.6 Å². The molecule has 0 aliphatic carbocycles. The van der Waals surface area contributed by atoms with Crippen molar-refractivity contribution in [2.75, 3.05) is 7.05 Å². The second-order valence-electron chi connectivity index (χ2n) is 6.07. The van der Waals surface area contributed by atoms with Gasteiger partial charge in [-0.15, -0.1) is 5.11 Å². The van der Waals surface area contributed by atoms with Crippen LogP contribution in [0.1, 0.15) is 5.56 Å². The molecule has 0 saturated heterocycles. The molecule has 0 spiro atoms. The molecule has 3 aromatic rings. The Bertz CT molecular complexity index is 1090. The summed E-state index contributed by atoms with van der Waals surface area (Å²) in [4.78, 5) is 0.162. The molecule has 0 saturated carbocycles. The number of hydrogen-bond donors (Lipinski definition) is 1. The van der Waals surface area contributed by atoms with Gasteiger partial charge in [-0.1, -0.05) is 41.9 Å². The van der Waals surface area contributed by atoms with Gasteiger partial charge in [0.25, 0.3) is 0 Å². The van der Waals surface area contributed by atoms with Gasteiger partial charge in [0.1, 0.15) is 11.4 Å². The first kappa shape index (κ1) is 20.0. The minimum Gasteiger partial charge on any atom is -0.506 e. The molecule has 8 heteroatoms. The van der Waals surface area contributed by atoms with E-state index in [1.807, 2.05) is 30.3 Å². The standard InChI is InChI=1S/C20H18ClN3O3S/c1-24(14-15-5-3-2-4-6-15)28(26,27)18-10-8-17(9-11-18)22-23-19-13-16(21)7-12-20(19)25/h2-13,25H,14H2,1H3. The molecule has 0 radical (unpaired) electrons. The van der Waals surface area contributed by atoms with E-state index < -0.39 is 10.0 Å². The molecule has 6 nitrogen and oxygen atoms in total. The van der Waals surface area contributed by atoms with Gasteiger partial charge < -0.3 is 5.11 Å². The third-order valence-electron chi connectivity index (χ3n) is 4.00. The normalized spacial score (nSPS) is 12.0. The van der Waals surface area contributed by atoms with Crippen molar-refractivity contribution in [2.45, 2.75) is 11.4 Å². The predicted octanol–water partition coefficient (Wildman–Crippen LogP) is 5.28. The van der Waals surface area contributed by atoms with E-state index in [0.29, 0.717) is 10.7 Å². The number of phenolic OH excluding ortho intramolecular Hbond substituents is 1. The maximum absolute atomic E-state index is 12.7. The second kappa shape index (κ2) is 8.52. The molecule has 0 amide bonds. The Morgan fingerprint density at radius 2 is 1.64 bits per heavy atom. The van der Waals surface area contributed by atoms with Gasteiger partial charge in [0, 0.05) is 18.6 Å². The van der Waals surface area contributed by atoms with Gasteiger partial charge in [-0.3, -0.25) is 0 Å². The summed E-state index contributed by atoms with van der Waals surface area (Å²) in [5.41, 5.74) is 1.58. The summed E-state index contributed by atoms with van der Waals surface area (Å²) in [7, 11) is -2.09. The summed E-state index contributed by atoms with van der Waals surface area (Å²) in [6.45, 7) is 0.276. The molecule has 0 fully saturated rings. The zero-order chi connectivity index (χ0) is 20.1. The quantitative estimate of drug-likeness (QED) is 0.556. The minimum atomic E-state index is -3.63. The number of phenols is 1. The molecule has 0 bridgehead atoms. The summed E-state index contributed by atoms with van der Waals surface area (Å²) >= 11 is 5.87. The van der Waals surface area contributed by atoms with Crippen molar-refractivity contribution >= 4 is 33.0 Å². The topological polar surface area (TPSA) is 82.3 Å². The fraction of sp³-hybridized carbons (Fsp3) is 0.100. The summed E-state index contributed by atoms with van der Waals surface area (Å²) < 4.78 is 26.8. The van der Waals surface area contributed by atoms with Gasteiger partial charge >= 0.3 is 0 Å². The first-order valence-corrected chi connectivity index (χ1v) is 10.2. The van der Waals surface area contributed by atoms with Crippen LogP contribution >= 0.6 is 11.6 Å². The van der Waals surface area contributed by atoms with Gasteiger partial charge in [0.2, 0.25) is 10.0 Å². The molecule has 0 aliphatic heterocycles. The predicted molar refractivity (Wildman–Crippen MR) is 109 cm³/mol. The van der Waals surface area contributed by atoms with Crippen molar-refractivity contribution in [2.24, 2.45) is 10.2 Å². The van der Waals surface area contributed by atoms with Crippen molar-refractivity contribution in [3.63, 3.8) is 0 Å². The highest BCUT2D eigenvalue weighted by molar-refractivity contribution is 7.89. The molecule has 0 atom stereocenters. The maximum atomic E-state index is 12.7. The van der Waals surface area contributed by atoms with E-state index in [1.165, 1.54) is 35.6 Å². The van der Waals surface area contributed by atoms with Crippen LogP contribution in [0.15, 0.2) is 87.9 Å². The van der Waals surface area contributed by atoms with Gasteiger partial charge in [0.15, 0.2) is 0 Å². The van der Waals surface area contributed by atoms with Crippen LogP contribution in [-0.2, 0) is 16.6 Å².